The summed E-state index contributed by atoms with van der Waals surface area (Å²) >= 11 is 0. The molecule has 0 aliphatic rings. The van der Waals surface area contributed by atoms with E-state index in [2.05, 4.69) is 152 Å². The summed E-state index contributed by atoms with van der Waals surface area (Å²) in [6, 6.07) is 61.7. The van der Waals surface area contributed by atoms with Crippen molar-refractivity contribution in [3.05, 3.63) is 182 Å². The summed E-state index contributed by atoms with van der Waals surface area (Å²) in [7, 11) is 0. The van der Waals surface area contributed by atoms with Crippen LogP contribution in [-0.2, 0) is 0 Å². The maximum Gasteiger partial charge on any atom is 0.147 e. The van der Waals surface area contributed by atoms with Crippen molar-refractivity contribution >= 4 is 76.5 Å². The Morgan fingerprint density at radius 2 is 0.839 bits per heavy atom. The Morgan fingerprint density at radius 3 is 1.45 bits per heavy atom. The number of furan rings is 2. The van der Waals surface area contributed by atoms with Crippen molar-refractivity contribution < 1.29 is 8.83 Å². The summed E-state index contributed by atoms with van der Waals surface area (Å²) in [5, 5.41) is 8.75. The molecule has 3 heterocycles. The van der Waals surface area contributed by atoms with Crippen LogP contribution in [0.5, 0.6) is 0 Å². The first kappa shape index (κ1) is 30.9. The van der Waals surface area contributed by atoms with E-state index in [1.807, 2.05) is 30.5 Å². The molecule has 0 amide bonds. The van der Waals surface area contributed by atoms with Crippen LogP contribution in [0.15, 0.2) is 191 Å². The highest BCUT2D eigenvalue weighted by Crippen LogP contribution is 2.45. The van der Waals surface area contributed by atoms with Gasteiger partial charge in [-0.15, -0.1) is 0 Å². The molecule has 0 aliphatic heterocycles. The van der Waals surface area contributed by atoms with Gasteiger partial charge in [0.15, 0.2) is 0 Å². The van der Waals surface area contributed by atoms with Gasteiger partial charge in [-0.25, -0.2) is 4.98 Å². The largest absolute Gasteiger partial charge is 0.455 e. The smallest absolute Gasteiger partial charge is 0.147 e. The van der Waals surface area contributed by atoms with E-state index in [0.717, 1.165) is 116 Å². The van der Waals surface area contributed by atoms with E-state index >= 15 is 0 Å². The number of rotatable bonds is 4. The first-order valence-corrected chi connectivity index (χ1v) is 18.9. The molecule has 4 heteroatoms. The van der Waals surface area contributed by atoms with Crippen LogP contribution in [0.4, 0.5) is 0 Å². The maximum atomic E-state index is 6.64. The zero-order valence-electron chi connectivity index (χ0n) is 30.0. The number of para-hydroxylation sites is 2. The monoisotopic (exact) mass is 714 g/mol. The van der Waals surface area contributed by atoms with E-state index in [9.17, 15) is 0 Å². The predicted octanol–water partition coefficient (Wildman–Crippen LogP) is 14.4. The molecule has 0 spiro atoms. The second kappa shape index (κ2) is 12.0. The van der Waals surface area contributed by atoms with Crippen LogP contribution in [0, 0.1) is 0 Å². The summed E-state index contributed by atoms with van der Waals surface area (Å²) in [5.74, 6) is 0. The maximum absolute atomic E-state index is 6.64. The van der Waals surface area contributed by atoms with Crippen molar-refractivity contribution in [2.75, 3.05) is 0 Å². The van der Waals surface area contributed by atoms with Crippen LogP contribution >= 0.6 is 0 Å². The summed E-state index contributed by atoms with van der Waals surface area (Å²) in [6.45, 7) is 0. The molecule has 56 heavy (non-hydrogen) atoms. The van der Waals surface area contributed by atoms with Crippen molar-refractivity contribution in [3.8, 4) is 44.6 Å². The highest BCUT2D eigenvalue weighted by molar-refractivity contribution is 6.25. The number of fused-ring (bicyclic) bond motifs is 12. The molecule has 0 saturated carbocycles. The lowest BCUT2D eigenvalue weighted by Gasteiger charge is -2.14. The average molecular weight is 715 g/mol. The van der Waals surface area contributed by atoms with E-state index in [4.69, 9.17) is 18.8 Å². The van der Waals surface area contributed by atoms with Gasteiger partial charge in [0.05, 0.1) is 28.5 Å². The summed E-state index contributed by atoms with van der Waals surface area (Å²) in [5.41, 5.74) is 13.3. The Balaban J connectivity index is 1.11. The number of hydrogen-bond acceptors (Lipinski definition) is 4. The average Bonchev–Trinajstić information content (AvgIpc) is 3.84. The van der Waals surface area contributed by atoms with Gasteiger partial charge in [0.1, 0.15) is 22.3 Å². The van der Waals surface area contributed by atoms with Gasteiger partial charge in [0.25, 0.3) is 0 Å². The molecule has 0 N–H and O–H groups in total. The van der Waals surface area contributed by atoms with Crippen LogP contribution in [0.25, 0.3) is 121 Å². The number of nitrogens with zero attached hydrogens (tertiary/aromatic N) is 2. The van der Waals surface area contributed by atoms with Gasteiger partial charge in [0.2, 0.25) is 0 Å². The quantitative estimate of drug-likeness (QED) is 0.170. The molecule has 0 aliphatic carbocycles. The molecule has 0 atom stereocenters. The third-order valence-electron chi connectivity index (χ3n) is 11.3. The molecular formula is C52H30N2O2. The Labute approximate surface area is 320 Å². The molecule has 3 aromatic heterocycles. The minimum atomic E-state index is 0.793. The zero-order valence-corrected chi connectivity index (χ0v) is 30.0. The normalized spacial score (nSPS) is 11.9. The second-order valence-electron chi connectivity index (χ2n) is 14.5. The zero-order chi connectivity index (χ0) is 36.7. The van der Waals surface area contributed by atoms with E-state index in [1.165, 1.54) is 5.56 Å². The fourth-order valence-corrected chi connectivity index (χ4v) is 8.62. The summed E-state index contributed by atoms with van der Waals surface area (Å²) in [6.07, 6.45) is 1.92. The molecule has 0 radical (unpaired) electrons. The third-order valence-corrected chi connectivity index (χ3v) is 11.3. The van der Waals surface area contributed by atoms with Crippen molar-refractivity contribution in [1.29, 1.82) is 0 Å². The van der Waals surface area contributed by atoms with Gasteiger partial charge in [-0.2, -0.15) is 0 Å². The van der Waals surface area contributed by atoms with Crippen LogP contribution < -0.4 is 0 Å². The van der Waals surface area contributed by atoms with Gasteiger partial charge in [-0.05, 0) is 75.0 Å². The van der Waals surface area contributed by atoms with Crippen molar-refractivity contribution in [1.82, 2.24) is 9.97 Å². The fourth-order valence-electron chi connectivity index (χ4n) is 8.62. The highest BCUT2D eigenvalue weighted by Gasteiger charge is 2.22. The molecule has 12 rings (SSSR count). The van der Waals surface area contributed by atoms with Crippen molar-refractivity contribution in [2.45, 2.75) is 0 Å². The molecule has 0 bridgehead atoms. The van der Waals surface area contributed by atoms with Crippen LogP contribution in [0.2, 0.25) is 0 Å². The highest BCUT2D eigenvalue weighted by atomic mass is 16.3. The molecule has 260 valence electrons. The summed E-state index contributed by atoms with van der Waals surface area (Å²) < 4.78 is 13.3. The second-order valence-corrected chi connectivity index (χ2v) is 14.5. The Hall–Kier alpha value is -7.56. The Kier molecular flexibility index (Phi) is 6.60. The molecule has 9 aromatic carbocycles. The molecular weight excluding hydrogens is 685 g/mol. The van der Waals surface area contributed by atoms with Gasteiger partial charge >= 0.3 is 0 Å². The fraction of sp³-hybridized carbons (Fsp3) is 0. The van der Waals surface area contributed by atoms with E-state index in [1.54, 1.807) is 0 Å². The van der Waals surface area contributed by atoms with Gasteiger partial charge in [-0.1, -0.05) is 140 Å². The standard InChI is InChI=1S/C52H30N2O2/c1-3-12-31(13-4-1)33-22-24-37-38-25-23-34(32-14-5-2-6-15-32)28-42(38)50-49(41(37)27-33)53-30-45(54-50)35-16-11-17-36(26-35)48-51-43(39-18-7-9-20-46(39)55-51)29-44-40-19-8-10-21-47(40)56-52(44)48/h1-30H. The van der Waals surface area contributed by atoms with E-state index < -0.39 is 0 Å². The molecule has 4 nitrogen and oxygen atoms in total. The first-order chi connectivity index (χ1) is 27.7. The minimum absolute atomic E-state index is 0.793. The van der Waals surface area contributed by atoms with Crippen LogP contribution in [0.3, 0.4) is 0 Å². The van der Waals surface area contributed by atoms with Crippen LogP contribution in [0.1, 0.15) is 0 Å². The van der Waals surface area contributed by atoms with Gasteiger partial charge < -0.3 is 8.83 Å². The predicted molar refractivity (Wildman–Crippen MR) is 231 cm³/mol. The third kappa shape index (κ3) is 4.66. The Bertz CT molecular complexity index is 3440. The van der Waals surface area contributed by atoms with Crippen LogP contribution in [-0.4, -0.2) is 9.97 Å². The SMILES string of the molecule is c1ccc(-c2ccc3c4ccc(-c5ccccc5)cc4c4nc(-c5cccc(-c6c7oc8ccccc8c7cc7c6oc6ccccc67)c5)cnc4c3c2)cc1. The van der Waals surface area contributed by atoms with E-state index in [0.29, 0.717) is 0 Å². The number of benzene rings is 9. The number of hydrogen-bond donors (Lipinski definition) is 0. The van der Waals surface area contributed by atoms with Gasteiger partial charge in [0, 0.05) is 37.9 Å². The minimum Gasteiger partial charge on any atom is -0.455 e. The Morgan fingerprint density at radius 1 is 0.321 bits per heavy atom. The lowest BCUT2D eigenvalue weighted by atomic mass is 9.93. The van der Waals surface area contributed by atoms with Crippen molar-refractivity contribution in [2.24, 2.45) is 0 Å². The molecule has 0 fully saturated rings. The first-order valence-electron chi connectivity index (χ1n) is 18.9. The van der Waals surface area contributed by atoms with Crippen molar-refractivity contribution in [3.63, 3.8) is 0 Å². The topological polar surface area (TPSA) is 52.1 Å². The molecule has 0 unspecified atom stereocenters. The number of aromatic nitrogens is 2. The molecule has 0 saturated heterocycles. The van der Waals surface area contributed by atoms with E-state index in [-0.39, 0.29) is 0 Å². The molecule has 12 aromatic rings. The summed E-state index contributed by atoms with van der Waals surface area (Å²) in [4.78, 5) is 10.7. The van der Waals surface area contributed by atoms with Gasteiger partial charge in [-0.3, -0.25) is 4.98 Å². The lowest BCUT2D eigenvalue weighted by molar-refractivity contribution is 0.658. The lowest BCUT2D eigenvalue weighted by Crippen LogP contribution is -1.94.